The lowest BCUT2D eigenvalue weighted by Gasteiger charge is -2.24. The number of hydrogen-bond acceptors (Lipinski definition) is 2. The van der Waals surface area contributed by atoms with E-state index in [0.29, 0.717) is 6.04 Å². The number of pyridine rings is 1. The molecular weight excluding hydrogens is 188 g/mol. The predicted molar refractivity (Wildman–Crippen MR) is 61.2 cm³/mol. The Morgan fingerprint density at radius 3 is 3.20 bits per heavy atom. The molecule has 0 amide bonds. The third kappa shape index (κ3) is 2.48. The zero-order valence-corrected chi connectivity index (χ0v) is 9.18. The van der Waals surface area contributed by atoms with E-state index in [0.717, 1.165) is 31.5 Å². The molecule has 0 radical (unpaired) electrons. The highest BCUT2D eigenvalue weighted by Gasteiger charge is 2.17. The summed E-state index contributed by atoms with van der Waals surface area (Å²) in [7, 11) is 0. The van der Waals surface area contributed by atoms with E-state index >= 15 is 0 Å². The molecule has 1 atom stereocenters. The van der Waals surface area contributed by atoms with Crippen LogP contribution >= 0.6 is 0 Å². The topological polar surface area (TPSA) is 44.9 Å². The molecule has 2 rings (SSSR count). The molecule has 82 valence electrons. The molecule has 1 unspecified atom stereocenters. The van der Waals surface area contributed by atoms with Crippen LogP contribution in [0, 0.1) is 0 Å². The standard InChI is InChI=1S/C12H18N2O/c1-2-7-13-10-4-5-11-9(8-10)3-6-12(15)14-11/h3,6,10,13H,2,4-5,7-8H2,1H3,(H,14,15). The molecule has 0 fully saturated rings. The fourth-order valence-corrected chi connectivity index (χ4v) is 2.17. The first-order valence-corrected chi connectivity index (χ1v) is 5.74. The van der Waals surface area contributed by atoms with E-state index in [4.69, 9.17) is 0 Å². The highest BCUT2D eigenvalue weighted by atomic mass is 16.1. The molecule has 1 heterocycles. The summed E-state index contributed by atoms with van der Waals surface area (Å²) in [6, 6.07) is 4.18. The van der Waals surface area contributed by atoms with Gasteiger partial charge in [0.1, 0.15) is 0 Å². The average molecular weight is 206 g/mol. The highest BCUT2D eigenvalue weighted by Crippen LogP contribution is 2.17. The lowest BCUT2D eigenvalue weighted by Crippen LogP contribution is -2.35. The number of aromatic nitrogens is 1. The Bertz CT molecular complexity index is 383. The minimum Gasteiger partial charge on any atom is -0.326 e. The van der Waals surface area contributed by atoms with Crippen LogP contribution in [-0.2, 0) is 12.8 Å². The van der Waals surface area contributed by atoms with Gasteiger partial charge in [0.05, 0.1) is 0 Å². The van der Waals surface area contributed by atoms with Gasteiger partial charge in [-0.25, -0.2) is 0 Å². The minimum atomic E-state index is 0.0220. The van der Waals surface area contributed by atoms with Crippen molar-refractivity contribution in [1.82, 2.24) is 10.3 Å². The Morgan fingerprint density at radius 1 is 1.53 bits per heavy atom. The van der Waals surface area contributed by atoms with Gasteiger partial charge in [0, 0.05) is 17.8 Å². The maximum Gasteiger partial charge on any atom is 0.248 e. The second kappa shape index (κ2) is 4.62. The zero-order chi connectivity index (χ0) is 10.7. The third-order valence-corrected chi connectivity index (χ3v) is 2.99. The van der Waals surface area contributed by atoms with E-state index in [1.54, 1.807) is 6.07 Å². The van der Waals surface area contributed by atoms with Crippen LogP contribution in [0.5, 0.6) is 0 Å². The number of fused-ring (bicyclic) bond motifs is 1. The van der Waals surface area contributed by atoms with Gasteiger partial charge in [0.2, 0.25) is 5.56 Å². The molecule has 3 nitrogen and oxygen atoms in total. The SMILES string of the molecule is CCCNC1CCc2[nH]c(=O)ccc2C1. The van der Waals surface area contributed by atoms with Gasteiger partial charge in [-0.15, -0.1) is 0 Å². The van der Waals surface area contributed by atoms with Crippen LogP contribution in [0.15, 0.2) is 16.9 Å². The quantitative estimate of drug-likeness (QED) is 0.781. The van der Waals surface area contributed by atoms with Crippen molar-refractivity contribution in [2.24, 2.45) is 0 Å². The molecule has 0 saturated carbocycles. The van der Waals surface area contributed by atoms with E-state index in [2.05, 4.69) is 17.2 Å². The summed E-state index contributed by atoms with van der Waals surface area (Å²) < 4.78 is 0. The van der Waals surface area contributed by atoms with Gasteiger partial charge in [-0.2, -0.15) is 0 Å². The van der Waals surface area contributed by atoms with Crippen molar-refractivity contribution in [1.29, 1.82) is 0 Å². The first-order chi connectivity index (χ1) is 7.29. The van der Waals surface area contributed by atoms with Crippen LogP contribution in [0.3, 0.4) is 0 Å². The summed E-state index contributed by atoms with van der Waals surface area (Å²) in [5, 5.41) is 3.53. The number of nitrogens with one attached hydrogen (secondary N) is 2. The van der Waals surface area contributed by atoms with Crippen molar-refractivity contribution in [2.45, 2.75) is 38.6 Å². The van der Waals surface area contributed by atoms with Gasteiger partial charge in [-0.05, 0) is 37.8 Å². The van der Waals surface area contributed by atoms with E-state index in [1.807, 2.05) is 6.07 Å². The van der Waals surface area contributed by atoms with Gasteiger partial charge < -0.3 is 10.3 Å². The molecule has 0 saturated heterocycles. The Labute approximate surface area is 89.9 Å². The van der Waals surface area contributed by atoms with Crippen LogP contribution in [0.2, 0.25) is 0 Å². The van der Waals surface area contributed by atoms with Crippen molar-refractivity contribution < 1.29 is 0 Å². The average Bonchev–Trinajstić information content (AvgIpc) is 2.26. The van der Waals surface area contributed by atoms with Gasteiger partial charge in [0.15, 0.2) is 0 Å². The first-order valence-electron chi connectivity index (χ1n) is 5.74. The van der Waals surface area contributed by atoms with Crippen LogP contribution in [0.4, 0.5) is 0 Å². The summed E-state index contributed by atoms with van der Waals surface area (Å²) in [6.45, 7) is 3.27. The number of hydrogen-bond donors (Lipinski definition) is 2. The highest BCUT2D eigenvalue weighted by molar-refractivity contribution is 5.23. The van der Waals surface area contributed by atoms with E-state index in [-0.39, 0.29) is 5.56 Å². The molecule has 0 aliphatic heterocycles. The molecule has 3 heteroatoms. The summed E-state index contributed by atoms with van der Waals surface area (Å²) >= 11 is 0. The first kappa shape index (κ1) is 10.4. The molecule has 1 aliphatic rings. The molecule has 15 heavy (non-hydrogen) atoms. The number of aromatic amines is 1. The lowest BCUT2D eigenvalue weighted by molar-refractivity contribution is 0.454. The molecule has 1 aliphatic carbocycles. The van der Waals surface area contributed by atoms with Crippen molar-refractivity contribution in [3.05, 3.63) is 33.7 Å². The molecular formula is C12H18N2O. The summed E-state index contributed by atoms with van der Waals surface area (Å²) in [6.07, 6.45) is 4.35. The summed E-state index contributed by atoms with van der Waals surface area (Å²) in [5.41, 5.74) is 2.46. The number of aryl methyl sites for hydroxylation is 1. The van der Waals surface area contributed by atoms with Crippen molar-refractivity contribution in [3.8, 4) is 0 Å². The maximum atomic E-state index is 11.1. The fraction of sp³-hybridized carbons (Fsp3) is 0.583. The molecule has 1 aromatic rings. The third-order valence-electron chi connectivity index (χ3n) is 2.99. The Kier molecular flexibility index (Phi) is 3.21. The van der Waals surface area contributed by atoms with E-state index in [9.17, 15) is 4.79 Å². The second-order valence-corrected chi connectivity index (χ2v) is 4.22. The van der Waals surface area contributed by atoms with Crippen molar-refractivity contribution >= 4 is 0 Å². The monoisotopic (exact) mass is 206 g/mol. The number of H-pyrrole nitrogens is 1. The van der Waals surface area contributed by atoms with E-state index < -0.39 is 0 Å². The Hall–Kier alpha value is -1.09. The van der Waals surface area contributed by atoms with E-state index in [1.165, 1.54) is 12.0 Å². The van der Waals surface area contributed by atoms with Crippen LogP contribution in [0.25, 0.3) is 0 Å². The summed E-state index contributed by atoms with van der Waals surface area (Å²) in [5.74, 6) is 0. The largest absolute Gasteiger partial charge is 0.326 e. The van der Waals surface area contributed by atoms with Gasteiger partial charge in [0.25, 0.3) is 0 Å². The van der Waals surface area contributed by atoms with Gasteiger partial charge in [-0.1, -0.05) is 13.0 Å². The Morgan fingerprint density at radius 2 is 2.40 bits per heavy atom. The van der Waals surface area contributed by atoms with Gasteiger partial charge >= 0.3 is 0 Å². The fourth-order valence-electron chi connectivity index (χ4n) is 2.17. The molecule has 0 aromatic carbocycles. The molecule has 2 N–H and O–H groups in total. The second-order valence-electron chi connectivity index (χ2n) is 4.22. The van der Waals surface area contributed by atoms with Crippen molar-refractivity contribution in [3.63, 3.8) is 0 Å². The lowest BCUT2D eigenvalue weighted by atomic mass is 9.92. The minimum absolute atomic E-state index is 0.0220. The predicted octanol–water partition coefficient (Wildman–Crippen LogP) is 1.23. The van der Waals surface area contributed by atoms with Crippen molar-refractivity contribution in [2.75, 3.05) is 6.54 Å². The smallest absolute Gasteiger partial charge is 0.248 e. The van der Waals surface area contributed by atoms with Crippen LogP contribution in [-0.4, -0.2) is 17.6 Å². The Balaban J connectivity index is 2.07. The summed E-state index contributed by atoms with van der Waals surface area (Å²) in [4.78, 5) is 14.0. The molecule has 1 aromatic heterocycles. The molecule has 0 bridgehead atoms. The maximum absolute atomic E-state index is 11.1. The zero-order valence-electron chi connectivity index (χ0n) is 9.18. The van der Waals surface area contributed by atoms with Gasteiger partial charge in [-0.3, -0.25) is 4.79 Å². The normalized spacial score (nSPS) is 19.9. The number of rotatable bonds is 3. The van der Waals surface area contributed by atoms with Crippen LogP contribution < -0.4 is 10.9 Å². The van der Waals surface area contributed by atoms with Crippen LogP contribution in [0.1, 0.15) is 31.0 Å². The molecule has 0 spiro atoms.